The zero-order valence-corrected chi connectivity index (χ0v) is 16.8. The molecule has 2 aromatic heterocycles. The maximum atomic E-state index is 12.1. The maximum absolute atomic E-state index is 12.1. The number of fused-ring (bicyclic) bond motifs is 3. The molecule has 29 heavy (non-hydrogen) atoms. The number of unbranched alkanes of at least 4 members (excludes halogenated alkanes) is 1. The monoisotopic (exact) mass is 429 g/mol. The molecular weight excluding hydrogens is 406 g/mol. The molecule has 2 aliphatic rings. The maximum Gasteiger partial charge on any atom is 0.280 e. The van der Waals surface area contributed by atoms with E-state index in [0.29, 0.717) is 6.61 Å². The number of anilines is 1. The molecule has 0 aliphatic carbocycles. The van der Waals surface area contributed by atoms with Crippen molar-refractivity contribution in [3.05, 3.63) is 16.7 Å². The van der Waals surface area contributed by atoms with Crippen molar-refractivity contribution in [2.75, 3.05) is 31.8 Å². The van der Waals surface area contributed by atoms with Gasteiger partial charge in [-0.25, -0.2) is 4.98 Å². The van der Waals surface area contributed by atoms with Crippen LogP contribution in [-0.4, -0.2) is 71.8 Å². The van der Waals surface area contributed by atoms with E-state index in [-0.39, 0.29) is 30.3 Å². The SMILES string of the molecule is CCCCOC1[C@@H]2OC[C@]1(COS(C)(=O)=O)O[C@H]2n1cnc2c(=O)[nH]c(N)nc21. The Morgan fingerprint density at radius 2 is 2.28 bits per heavy atom. The quantitative estimate of drug-likeness (QED) is 0.414. The van der Waals surface area contributed by atoms with Crippen LogP contribution >= 0.6 is 0 Å². The van der Waals surface area contributed by atoms with Crippen molar-refractivity contribution in [1.82, 2.24) is 19.5 Å². The molecule has 12 nitrogen and oxygen atoms in total. The number of hydrogen-bond acceptors (Lipinski definition) is 10. The number of aromatic amines is 1. The molecule has 1 unspecified atom stereocenters. The third-order valence-corrected chi connectivity index (χ3v) is 5.56. The van der Waals surface area contributed by atoms with E-state index in [4.69, 9.17) is 24.1 Å². The number of aromatic nitrogens is 4. The fourth-order valence-electron chi connectivity index (χ4n) is 3.66. The van der Waals surface area contributed by atoms with E-state index in [9.17, 15) is 13.2 Å². The minimum atomic E-state index is -3.69. The molecule has 0 spiro atoms. The summed E-state index contributed by atoms with van der Waals surface area (Å²) in [5.74, 6) is -0.0563. The van der Waals surface area contributed by atoms with E-state index in [2.05, 4.69) is 15.0 Å². The van der Waals surface area contributed by atoms with Crippen LogP contribution in [0.3, 0.4) is 0 Å². The largest absolute Gasteiger partial charge is 0.372 e. The first-order valence-electron chi connectivity index (χ1n) is 9.22. The second-order valence-corrected chi connectivity index (χ2v) is 8.88. The molecule has 2 fully saturated rings. The van der Waals surface area contributed by atoms with Gasteiger partial charge in [0.05, 0.1) is 19.2 Å². The highest BCUT2D eigenvalue weighted by molar-refractivity contribution is 7.85. The highest BCUT2D eigenvalue weighted by Crippen LogP contribution is 2.47. The lowest BCUT2D eigenvalue weighted by Gasteiger charge is -2.31. The number of hydrogen-bond donors (Lipinski definition) is 2. The predicted molar refractivity (Wildman–Crippen MR) is 101 cm³/mol. The molecule has 4 atom stereocenters. The average Bonchev–Trinajstić information content (AvgIpc) is 3.30. The summed E-state index contributed by atoms with van der Waals surface area (Å²) in [6.45, 7) is 2.37. The minimum absolute atomic E-state index is 0.0563. The van der Waals surface area contributed by atoms with Crippen molar-refractivity contribution >= 4 is 27.2 Å². The molecule has 2 saturated heterocycles. The molecular formula is C16H23N5O7S. The van der Waals surface area contributed by atoms with Crippen LogP contribution in [0.1, 0.15) is 26.0 Å². The number of nitrogens with two attached hydrogens (primary N) is 1. The van der Waals surface area contributed by atoms with Crippen LogP contribution in [0.2, 0.25) is 0 Å². The fourth-order valence-corrected chi connectivity index (χ4v) is 4.07. The van der Waals surface area contributed by atoms with Crippen LogP contribution in [0.25, 0.3) is 11.2 Å². The highest BCUT2D eigenvalue weighted by Gasteiger charge is 2.63. The van der Waals surface area contributed by atoms with E-state index in [1.165, 1.54) is 6.33 Å². The topological polar surface area (TPSA) is 161 Å². The van der Waals surface area contributed by atoms with Crippen LogP contribution in [-0.2, 0) is 28.5 Å². The van der Waals surface area contributed by atoms with Gasteiger partial charge in [0.25, 0.3) is 15.7 Å². The average molecular weight is 429 g/mol. The number of rotatable bonds is 8. The van der Waals surface area contributed by atoms with Crippen molar-refractivity contribution < 1.29 is 26.8 Å². The van der Waals surface area contributed by atoms with Gasteiger partial charge in [-0.1, -0.05) is 13.3 Å². The molecule has 160 valence electrons. The molecule has 0 saturated carbocycles. The van der Waals surface area contributed by atoms with Gasteiger partial charge >= 0.3 is 0 Å². The molecule has 13 heteroatoms. The van der Waals surface area contributed by atoms with Gasteiger partial charge in [0.2, 0.25) is 5.95 Å². The molecule has 2 aliphatic heterocycles. The zero-order valence-electron chi connectivity index (χ0n) is 16.0. The van der Waals surface area contributed by atoms with E-state index in [1.807, 2.05) is 6.92 Å². The number of H-pyrrole nitrogens is 1. The number of imidazole rings is 1. The van der Waals surface area contributed by atoms with Gasteiger partial charge in [0.1, 0.15) is 24.4 Å². The molecule has 3 N–H and O–H groups in total. The standard InChI is InChI=1S/C16H23N5O7S/c1-3-4-5-25-11-10-14(28-16(11,6-26-10)7-27-29(2,23)24)21-8-18-9-12(21)19-15(17)20-13(9)22/h8,10-11,14H,3-7H2,1-2H3,(H3,17,19,20,22)/t10-,11?,14+,16+/m0/s1. The van der Waals surface area contributed by atoms with Crippen LogP contribution in [0.4, 0.5) is 5.95 Å². The minimum Gasteiger partial charge on any atom is -0.372 e. The van der Waals surface area contributed by atoms with E-state index in [1.54, 1.807) is 4.57 Å². The lowest BCUT2D eigenvalue weighted by Crippen LogP contribution is -2.46. The number of ether oxygens (including phenoxy) is 3. The third-order valence-electron chi connectivity index (χ3n) is 5.01. The summed E-state index contributed by atoms with van der Waals surface area (Å²) in [5, 5.41) is 0. The summed E-state index contributed by atoms with van der Waals surface area (Å²) in [5.41, 5.74) is 4.42. The first kappa shape index (κ1) is 20.2. The van der Waals surface area contributed by atoms with Gasteiger partial charge in [0, 0.05) is 6.61 Å². The number of nitrogen functional groups attached to an aromatic ring is 1. The first-order chi connectivity index (χ1) is 13.7. The highest BCUT2D eigenvalue weighted by atomic mass is 32.2. The van der Waals surface area contributed by atoms with Crippen molar-refractivity contribution in [2.45, 2.75) is 43.8 Å². The zero-order chi connectivity index (χ0) is 20.8. The molecule has 0 aromatic carbocycles. The third kappa shape index (κ3) is 3.64. The Kier molecular flexibility index (Phi) is 5.11. The van der Waals surface area contributed by atoms with E-state index >= 15 is 0 Å². The van der Waals surface area contributed by atoms with Crippen LogP contribution in [0.15, 0.2) is 11.1 Å². The van der Waals surface area contributed by atoms with E-state index in [0.717, 1.165) is 19.1 Å². The normalized spacial score (nSPS) is 29.1. The molecule has 2 aromatic rings. The summed E-state index contributed by atoms with van der Waals surface area (Å²) in [7, 11) is -3.69. The predicted octanol–water partition coefficient (Wildman–Crippen LogP) is -0.470. The van der Waals surface area contributed by atoms with Gasteiger partial charge < -0.3 is 19.9 Å². The second kappa shape index (κ2) is 7.32. The first-order valence-corrected chi connectivity index (χ1v) is 11.0. The Hall–Kier alpha value is -2.06. The van der Waals surface area contributed by atoms with Crippen molar-refractivity contribution in [3.8, 4) is 0 Å². The summed E-state index contributed by atoms with van der Waals surface area (Å²) in [4.78, 5) is 22.7. The smallest absolute Gasteiger partial charge is 0.280 e. The van der Waals surface area contributed by atoms with Crippen molar-refractivity contribution in [1.29, 1.82) is 0 Å². The number of nitrogens with zero attached hydrogens (tertiary/aromatic N) is 3. The summed E-state index contributed by atoms with van der Waals surface area (Å²) in [6, 6.07) is 0. The Bertz CT molecular complexity index is 1070. The molecule has 2 bridgehead atoms. The van der Waals surface area contributed by atoms with Crippen LogP contribution < -0.4 is 11.3 Å². The summed E-state index contributed by atoms with van der Waals surface area (Å²) >= 11 is 0. The fraction of sp³-hybridized carbons (Fsp3) is 0.688. The van der Waals surface area contributed by atoms with Gasteiger partial charge in [-0.3, -0.25) is 18.5 Å². The van der Waals surface area contributed by atoms with Gasteiger partial charge in [-0.2, -0.15) is 13.4 Å². The lowest BCUT2D eigenvalue weighted by atomic mass is 10.00. The van der Waals surface area contributed by atoms with Crippen LogP contribution in [0.5, 0.6) is 0 Å². The Labute approximate surface area is 166 Å². The number of nitrogens with one attached hydrogen (secondary N) is 1. The molecule has 0 radical (unpaired) electrons. The van der Waals surface area contributed by atoms with Crippen molar-refractivity contribution in [3.63, 3.8) is 0 Å². The summed E-state index contributed by atoms with van der Waals surface area (Å²) < 4.78 is 47.8. The Morgan fingerprint density at radius 3 is 3.00 bits per heavy atom. The van der Waals surface area contributed by atoms with Crippen molar-refractivity contribution in [2.24, 2.45) is 0 Å². The molecule has 4 rings (SSSR count). The molecule has 4 heterocycles. The lowest BCUT2D eigenvalue weighted by molar-refractivity contribution is -0.183. The van der Waals surface area contributed by atoms with Gasteiger partial charge in [-0.05, 0) is 6.42 Å². The second-order valence-electron chi connectivity index (χ2n) is 7.24. The Morgan fingerprint density at radius 1 is 1.48 bits per heavy atom. The Balaban J connectivity index is 1.69. The van der Waals surface area contributed by atoms with E-state index < -0.39 is 39.7 Å². The van der Waals surface area contributed by atoms with Crippen LogP contribution in [0, 0.1) is 0 Å². The molecule has 0 amide bonds. The summed E-state index contributed by atoms with van der Waals surface area (Å²) in [6.07, 6.45) is 2.30. The van der Waals surface area contributed by atoms with Gasteiger partial charge in [-0.15, -0.1) is 0 Å². The van der Waals surface area contributed by atoms with Gasteiger partial charge in [0.15, 0.2) is 17.4 Å².